The molecule has 2 saturated carbocycles. The Hall–Kier alpha value is -2.53. The molecule has 0 saturated heterocycles. The lowest BCUT2D eigenvalue weighted by Crippen LogP contribution is -2.26. The highest BCUT2D eigenvalue weighted by Gasteiger charge is 2.44. The van der Waals surface area contributed by atoms with Crippen LogP contribution in [0.2, 0.25) is 5.15 Å². The number of anilines is 1. The highest BCUT2D eigenvalue weighted by Crippen LogP contribution is 2.54. The Morgan fingerprint density at radius 2 is 1.87 bits per heavy atom. The predicted molar refractivity (Wildman–Crippen MR) is 120 cm³/mol. The van der Waals surface area contributed by atoms with E-state index in [1.165, 1.54) is 11.6 Å². The number of nitrogens with zero attached hydrogens (tertiary/aromatic N) is 2. The third kappa shape index (κ3) is 4.03. The zero-order chi connectivity index (χ0) is 21.5. The number of rotatable bonds is 4. The van der Waals surface area contributed by atoms with E-state index in [9.17, 15) is 9.18 Å². The van der Waals surface area contributed by atoms with Gasteiger partial charge in [0.1, 0.15) is 11.0 Å². The van der Waals surface area contributed by atoms with Crippen molar-refractivity contribution in [2.45, 2.75) is 38.5 Å². The molecule has 2 heterocycles. The summed E-state index contributed by atoms with van der Waals surface area (Å²) in [5.41, 5.74) is 2.75. The second-order valence-electron chi connectivity index (χ2n) is 9.13. The molecule has 2 aromatic heterocycles. The van der Waals surface area contributed by atoms with Gasteiger partial charge in [0.2, 0.25) is 5.91 Å². The Labute approximate surface area is 186 Å². The van der Waals surface area contributed by atoms with Crippen molar-refractivity contribution in [2.24, 2.45) is 23.7 Å². The van der Waals surface area contributed by atoms with Crippen LogP contribution in [0.4, 0.5) is 10.1 Å². The zero-order valence-electron chi connectivity index (χ0n) is 17.4. The zero-order valence-corrected chi connectivity index (χ0v) is 18.1. The maximum absolute atomic E-state index is 13.8. The minimum atomic E-state index is -0.212. The fourth-order valence-corrected chi connectivity index (χ4v) is 5.85. The monoisotopic (exact) mass is 437 g/mol. The molecule has 5 rings (SSSR count). The van der Waals surface area contributed by atoms with Crippen molar-refractivity contribution >= 4 is 34.1 Å². The SMILES string of the molecule is CC(C(=O)Nc1ccc(Cl)nc1)[C@H]1C[C@H]2C[C@@H](c3ccnc4ccc(F)cc34)C[C@H]2C1. The summed E-state index contributed by atoms with van der Waals surface area (Å²) in [4.78, 5) is 21.2. The van der Waals surface area contributed by atoms with E-state index in [-0.39, 0.29) is 17.6 Å². The van der Waals surface area contributed by atoms with E-state index in [1.807, 2.05) is 13.1 Å². The van der Waals surface area contributed by atoms with Crippen LogP contribution in [0, 0.1) is 29.5 Å². The maximum Gasteiger partial charge on any atom is 0.227 e. The summed E-state index contributed by atoms with van der Waals surface area (Å²) in [6.45, 7) is 2.03. The quantitative estimate of drug-likeness (QED) is 0.493. The third-order valence-electron chi connectivity index (χ3n) is 7.34. The number of aromatic nitrogens is 2. The van der Waals surface area contributed by atoms with Crippen molar-refractivity contribution < 1.29 is 9.18 Å². The first-order valence-corrected chi connectivity index (χ1v) is 11.3. The van der Waals surface area contributed by atoms with Crippen molar-refractivity contribution in [1.82, 2.24) is 9.97 Å². The van der Waals surface area contributed by atoms with Crippen molar-refractivity contribution in [2.75, 3.05) is 5.32 Å². The molecule has 3 aromatic rings. The van der Waals surface area contributed by atoms with E-state index in [0.717, 1.165) is 36.6 Å². The lowest BCUT2D eigenvalue weighted by Gasteiger charge is -2.21. The number of carbonyl (C=O) groups is 1. The maximum atomic E-state index is 13.8. The van der Waals surface area contributed by atoms with E-state index in [0.29, 0.717) is 34.5 Å². The Morgan fingerprint density at radius 3 is 2.58 bits per heavy atom. The smallest absolute Gasteiger partial charge is 0.227 e. The second kappa shape index (κ2) is 8.19. The van der Waals surface area contributed by atoms with Crippen LogP contribution < -0.4 is 5.32 Å². The Kier molecular flexibility index (Phi) is 5.39. The molecule has 31 heavy (non-hydrogen) atoms. The van der Waals surface area contributed by atoms with Crippen LogP contribution in [0.25, 0.3) is 10.9 Å². The molecular formula is C25H25ClFN3O. The van der Waals surface area contributed by atoms with Crippen LogP contribution in [0.1, 0.15) is 44.1 Å². The molecule has 1 aromatic carbocycles. The van der Waals surface area contributed by atoms with Gasteiger partial charge in [0, 0.05) is 17.5 Å². The molecule has 6 heteroatoms. The van der Waals surface area contributed by atoms with Crippen LogP contribution >= 0.6 is 11.6 Å². The van der Waals surface area contributed by atoms with Gasteiger partial charge in [0.05, 0.1) is 17.4 Å². The van der Waals surface area contributed by atoms with Gasteiger partial charge in [-0.25, -0.2) is 9.37 Å². The van der Waals surface area contributed by atoms with E-state index < -0.39 is 0 Å². The molecule has 0 radical (unpaired) electrons. The molecule has 1 N–H and O–H groups in total. The van der Waals surface area contributed by atoms with Gasteiger partial charge >= 0.3 is 0 Å². The van der Waals surface area contributed by atoms with Gasteiger partial charge in [-0.15, -0.1) is 0 Å². The van der Waals surface area contributed by atoms with Gasteiger partial charge in [-0.1, -0.05) is 18.5 Å². The topological polar surface area (TPSA) is 54.9 Å². The van der Waals surface area contributed by atoms with Gasteiger partial charge in [-0.3, -0.25) is 9.78 Å². The van der Waals surface area contributed by atoms with Crippen LogP contribution in [0.3, 0.4) is 0 Å². The fourth-order valence-electron chi connectivity index (χ4n) is 5.74. The number of halogens is 2. The molecule has 2 fully saturated rings. The Balaban J connectivity index is 1.24. The fraction of sp³-hybridized carbons (Fsp3) is 0.400. The molecule has 4 nitrogen and oxygen atoms in total. The summed E-state index contributed by atoms with van der Waals surface area (Å²) < 4.78 is 13.8. The van der Waals surface area contributed by atoms with Gasteiger partial charge < -0.3 is 5.32 Å². The normalized spacial score (nSPS) is 26.0. The molecular weight excluding hydrogens is 413 g/mol. The number of pyridine rings is 2. The Morgan fingerprint density at radius 1 is 1.10 bits per heavy atom. The van der Waals surface area contributed by atoms with Crippen LogP contribution in [0.5, 0.6) is 0 Å². The van der Waals surface area contributed by atoms with Crippen LogP contribution in [-0.2, 0) is 4.79 Å². The standard InChI is InChI=1S/C25H25ClFN3O/c1-14(25(31)30-20-3-5-24(26)29-13-20)15-8-16-10-18(11-17(16)9-15)21-6-7-28-23-4-2-19(27)12-22(21)23/h2-7,12-18H,8-11H2,1H3,(H,30,31)/t14?,15-,16-,17+,18+. The van der Waals surface area contributed by atoms with E-state index in [2.05, 4.69) is 21.4 Å². The summed E-state index contributed by atoms with van der Waals surface area (Å²) in [5, 5.41) is 4.32. The first-order valence-electron chi connectivity index (χ1n) is 10.9. The second-order valence-corrected chi connectivity index (χ2v) is 9.52. The molecule has 160 valence electrons. The largest absolute Gasteiger partial charge is 0.324 e. The summed E-state index contributed by atoms with van der Waals surface area (Å²) in [5.74, 6) is 1.86. The molecule has 0 spiro atoms. The molecule has 0 bridgehead atoms. The van der Waals surface area contributed by atoms with Gasteiger partial charge in [-0.2, -0.15) is 0 Å². The van der Waals surface area contributed by atoms with Crippen molar-refractivity contribution in [3.05, 3.63) is 65.3 Å². The number of hydrogen-bond donors (Lipinski definition) is 1. The number of nitrogens with one attached hydrogen (secondary N) is 1. The molecule has 1 amide bonds. The molecule has 5 atom stereocenters. The molecule has 1 unspecified atom stereocenters. The number of hydrogen-bond acceptors (Lipinski definition) is 3. The van der Waals surface area contributed by atoms with Crippen LogP contribution in [-0.4, -0.2) is 15.9 Å². The number of benzene rings is 1. The first-order chi connectivity index (χ1) is 15.0. The van der Waals surface area contributed by atoms with E-state index >= 15 is 0 Å². The summed E-state index contributed by atoms with van der Waals surface area (Å²) in [6.07, 6.45) is 7.78. The third-order valence-corrected chi connectivity index (χ3v) is 7.57. The lowest BCUT2D eigenvalue weighted by molar-refractivity contribution is -0.120. The highest BCUT2D eigenvalue weighted by atomic mass is 35.5. The van der Waals surface area contributed by atoms with Crippen molar-refractivity contribution in [1.29, 1.82) is 0 Å². The molecule has 2 aliphatic carbocycles. The lowest BCUT2D eigenvalue weighted by atomic mass is 9.86. The minimum absolute atomic E-state index is 0.0428. The molecule has 2 aliphatic rings. The average molecular weight is 438 g/mol. The Bertz CT molecular complexity index is 1110. The summed E-state index contributed by atoms with van der Waals surface area (Å²) in [6, 6.07) is 10.4. The summed E-state index contributed by atoms with van der Waals surface area (Å²) in [7, 11) is 0. The van der Waals surface area contributed by atoms with Crippen LogP contribution in [0.15, 0.2) is 48.8 Å². The van der Waals surface area contributed by atoms with Gasteiger partial charge in [-0.05, 0) is 91.3 Å². The van der Waals surface area contributed by atoms with Gasteiger partial charge in [0.15, 0.2) is 0 Å². The predicted octanol–water partition coefficient (Wildman–Crippen LogP) is 6.22. The summed E-state index contributed by atoms with van der Waals surface area (Å²) >= 11 is 5.82. The van der Waals surface area contributed by atoms with Crippen molar-refractivity contribution in [3.8, 4) is 0 Å². The minimum Gasteiger partial charge on any atom is -0.324 e. The number of amides is 1. The number of carbonyl (C=O) groups excluding carboxylic acids is 1. The van der Waals surface area contributed by atoms with E-state index in [4.69, 9.17) is 11.6 Å². The molecule has 0 aliphatic heterocycles. The highest BCUT2D eigenvalue weighted by molar-refractivity contribution is 6.29. The number of fused-ring (bicyclic) bond motifs is 2. The average Bonchev–Trinajstić information content (AvgIpc) is 3.33. The van der Waals surface area contributed by atoms with E-state index in [1.54, 1.807) is 30.5 Å². The first kappa shape index (κ1) is 20.4. The van der Waals surface area contributed by atoms with Gasteiger partial charge in [0.25, 0.3) is 0 Å². The van der Waals surface area contributed by atoms with Crippen molar-refractivity contribution in [3.63, 3.8) is 0 Å².